The summed E-state index contributed by atoms with van der Waals surface area (Å²) >= 11 is 0. The minimum absolute atomic E-state index is 0.00894. The number of nitrogens with zero attached hydrogens (tertiary/aromatic N) is 5. The molecule has 3 rings (SSSR count). The van der Waals surface area contributed by atoms with Gasteiger partial charge in [-0.2, -0.15) is 5.10 Å². The van der Waals surface area contributed by atoms with Crippen molar-refractivity contribution in [3.8, 4) is 0 Å². The van der Waals surface area contributed by atoms with Gasteiger partial charge < -0.3 is 15.7 Å². The molecule has 1 aliphatic rings. The quantitative estimate of drug-likeness (QED) is 0.834. The average Bonchev–Trinajstić information content (AvgIpc) is 2.88. The fourth-order valence-corrected chi connectivity index (χ4v) is 2.75. The van der Waals surface area contributed by atoms with Crippen LogP contribution in [0.2, 0.25) is 0 Å². The van der Waals surface area contributed by atoms with E-state index in [1.165, 1.54) is 11.2 Å². The number of nitrogen functional groups attached to an aromatic ring is 1. The van der Waals surface area contributed by atoms with Crippen LogP contribution in [0.5, 0.6) is 0 Å². The Morgan fingerprint density at radius 1 is 1.41 bits per heavy atom. The third-order valence-electron chi connectivity index (χ3n) is 3.71. The topological polar surface area (TPSA) is 110 Å². The lowest BCUT2D eigenvalue weighted by molar-refractivity contribution is 0.120. The molecule has 3 heterocycles. The minimum atomic E-state index is -0.892. The second kappa shape index (κ2) is 6.59. The molecule has 0 spiro atoms. The van der Waals surface area contributed by atoms with Crippen LogP contribution in [-0.2, 0) is 0 Å². The highest BCUT2D eigenvalue weighted by molar-refractivity contribution is 5.87. The number of piperidine rings is 1. The maximum atomic E-state index is 11.1. The zero-order valence-electron chi connectivity index (χ0n) is 13.2. The van der Waals surface area contributed by atoms with Crippen LogP contribution in [0.4, 0.5) is 10.6 Å². The van der Waals surface area contributed by atoms with Crippen molar-refractivity contribution in [3.63, 3.8) is 0 Å². The molecule has 2 aromatic heterocycles. The van der Waals surface area contributed by atoms with Crippen LogP contribution >= 0.6 is 0 Å². The first-order valence-corrected chi connectivity index (χ1v) is 7.51. The summed E-state index contributed by atoms with van der Waals surface area (Å²) in [5.41, 5.74) is 7.31. The molecule has 8 heteroatoms. The number of hydrogen-bond acceptors (Lipinski definition) is 5. The number of fused-ring (bicyclic) bond motifs is 1. The largest absolute Gasteiger partial charge is 0.465 e. The Kier molecular flexibility index (Phi) is 4.79. The van der Waals surface area contributed by atoms with E-state index in [0.717, 1.165) is 23.9 Å². The molecular formula is C14H22N6O2. The second-order valence-corrected chi connectivity index (χ2v) is 5.01. The fraction of sp³-hybridized carbons (Fsp3) is 0.571. The van der Waals surface area contributed by atoms with Crippen LogP contribution in [-0.4, -0.2) is 48.9 Å². The van der Waals surface area contributed by atoms with Gasteiger partial charge >= 0.3 is 6.09 Å². The van der Waals surface area contributed by atoms with Crippen molar-refractivity contribution >= 4 is 22.9 Å². The lowest BCUT2D eigenvalue weighted by Crippen LogP contribution is -2.40. The van der Waals surface area contributed by atoms with E-state index in [0.29, 0.717) is 24.6 Å². The first-order valence-electron chi connectivity index (χ1n) is 7.51. The number of aryl methyl sites for hydroxylation is 1. The van der Waals surface area contributed by atoms with E-state index in [1.54, 1.807) is 4.68 Å². The molecular weight excluding hydrogens is 284 g/mol. The van der Waals surface area contributed by atoms with Gasteiger partial charge in [-0.3, -0.25) is 0 Å². The van der Waals surface area contributed by atoms with E-state index in [1.807, 2.05) is 20.8 Å². The lowest BCUT2D eigenvalue weighted by Gasteiger charge is -2.30. The molecule has 1 saturated heterocycles. The molecule has 0 saturated carbocycles. The number of aromatic nitrogens is 4. The summed E-state index contributed by atoms with van der Waals surface area (Å²) in [4.78, 5) is 20.8. The van der Waals surface area contributed by atoms with Crippen molar-refractivity contribution in [3.05, 3.63) is 12.0 Å². The van der Waals surface area contributed by atoms with E-state index in [-0.39, 0.29) is 6.04 Å². The van der Waals surface area contributed by atoms with Crippen LogP contribution in [0, 0.1) is 6.92 Å². The number of carbonyl (C=O) groups is 1. The molecule has 1 unspecified atom stereocenters. The van der Waals surface area contributed by atoms with Gasteiger partial charge in [0.25, 0.3) is 0 Å². The predicted octanol–water partition coefficient (Wildman–Crippen LogP) is 2.06. The average molecular weight is 306 g/mol. The van der Waals surface area contributed by atoms with Crippen molar-refractivity contribution < 1.29 is 9.90 Å². The standard InChI is InChI=1S/C12H16N6O2.C2H6/c1-7-9-10(13)14-6-15-11(9)18(16-7)8-3-2-4-17(5-8)12(19)20;1-2/h6,8H,2-5H2,1H3,(H,19,20)(H2,13,14,15);1-2H3. The first-order chi connectivity index (χ1) is 10.6. The van der Waals surface area contributed by atoms with Crippen LogP contribution in [0.25, 0.3) is 11.0 Å². The van der Waals surface area contributed by atoms with Crippen LogP contribution < -0.4 is 5.73 Å². The molecule has 0 aliphatic carbocycles. The lowest BCUT2D eigenvalue weighted by atomic mass is 10.1. The number of nitrogens with two attached hydrogens (primary N) is 1. The SMILES string of the molecule is CC.Cc1nn(C2CCCN(C(=O)O)C2)c2ncnc(N)c12. The Morgan fingerprint density at radius 2 is 2.14 bits per heavy atom. The van der Waals surface area contributed by atoms with E-state index in [2.05, 4.69) is 15.1 Å². The molecule has 0 aromatic carbocycles. The highest BCUT2D eigenvalue weighted by Gasteiger charge is 2.27. The zero-order chi connectivity index (χ0) is 16.3. The van der Waals surface area contributed by atoms with Crippen molar-refractivity contribution in [1.29, 1.82) is 0 Å². The summed E-state index contributed by atoms with van der Waals surface area (Å²) in [7, 11) is 0. The molecule has 2 aromatic rings. The van der Waals surface area contributed by atoms with Gasteiger partial charge in [-0.05, 0) is 19.8 Å². The molecule has 22 heavy (non-hydrogen) atoms. The normalized spacial score (nSPS) is 18.0. The van der Waals surface area contributed by atoms with Crippen molar-refractivity contribution in [2.24, 2.45) is 0 Å². The first kappa shape index (κ1) is 16.0. The molecule has 120 valence electrons. The number of hydrogen-bond donors (Lipinski definition) is 2. The summed E-state index contributed by atoms with van der Waals surface area (Å²) in [5.74, 6) is 0.407. The number of rotatable bonds is 1. The van der Waals surface area contributed by atoms with Gasteiger partial charge in [0.1, 0.15) is 12.1 Å². The van der Waals surface area contributed by atoms with Crippen LogP contribution in [0.3, 0.4) is 0 Å². The molecule has 1 atom stereocenters. The van der Waals surface area contributed by atoms with Gasteiger partial charge in [0.05, 0.1) is 17.1 Å². The Bertz CT molecular complexity index is 669. The molecule has 1 amide bonds. The Labute approximate surface area is 128 Å². The van der Waals surface area contributed by atoms with E-state index in [4.69, 9.17) is 10.8 Å². The maximum absolute atomic E-state index is 11.1. The van der Waals surface area contributed by atoms with Gasteiger partial charge in [0.2, 0.25) is 0 Å². The van der Waals surface area contributed by atoms with E-state index < -0.39 is 6.09 Å². The summed E-state index contributed by atoms with van der Waals surface area (Å²) in [6.07, 6.45) is 2.21. The van der Waals surface area contributed by atoms with Gasteiger partial charge in [-0.15, -0.1) is 0 Å². The number of amides is 1. The summed E-state index contributed by atoms with van der Waals surface area (Å²) in [6, 6.07) is -0.00894. The Balaban J connectivity index is 0.000000847. The van der Waals surface area contributed by atoms with Gasteiger partial charge in [0.15, 0.2) is 5.65 Å². The minimum Gasteiger partial charge on any atom is -0.465 e. The third-order valence-corrected chi connectivity index (χ3v) is 3.71. The van der Waals surface area contributed by atoms with Gasteiger partial charge in [-0.25, -0.2) is 19.4 Å². The van der Waals surface area contributed by atoms with Crippen molar-refractivity contribution in [2.75, 3.05) is 18.8 Å². The highest BCUT2D eigenvalue weighted by Crippen LogP contribution is 2.27. The van der Waals surface area contributed by atoms with Crippen LogP contribution in [0.1, 0.15) is 38.4 Å². The van der Waals surface area contributed by atoms with E-state index in [9.17, 15) is 4.79 Å². The molecule has 0 bridgehead atoms. The van der Waals surface area contributed by atoms with Crippen molar-refractivity contribution in [2.45, 2.75) is 39.7 Å². The predicted molar refractivity (Wildman–Crippen MR) is 83.7 cm³/mol. The molecule has 1 fully saturated rings. The van der Waals surface area contributed by atoms with Gasteiger partial charge in [-0.1, -0.05) is 13.8 Å². The summed E-state index contributed by atoms with van der Waals surface area (Å²) in [5, 5.41) is 14.3. The van der Waals surface area contributed by atoms with Crippen molar-refractivity contribution in [1.82, 2.24) is 24.6 Å². The summed E-state index contributed by atoms with van der Waals surface area (Å²) in [6.45, 7) is 6.85. The second-order valence-electron chi connectivity index (χ2n) is 5.01. The third kappa shape index (κ3) is 2.81. The molecule has 0 radical (unpaired) electrons. The van der Waals surface area contributed by atoms with Crippen LogP contribution in [0.15, 0.2) is 6.33 Å². The zero-order valence-corrected chi connectivity index (χ0v) is 13.2. The fourth-order valence-electron chi connectivity index (χ4n) is 2.75. The Hall–Kier alpha value is -2.38. The number of likely N-dealkylation sites (tertiary alicyclic amines) is 1. The molecule has 1 aliphatic heterocycles. The molecule has 3 N–H and O–H groups in total. The monoisotopic (exact) mass is 306 g/mol. The number of carboxylic acid groups (broad SMARTS) is 1. The smallest absolute Gasteiger partial charge is 0.407 e. The maximum Gasteiger partial charge on any atom is 0.407 e. The number of anilines is 1. The van der Waals surface area contributed by atoms with E-state index >= 15 is 0 Å². The Morgan fingerprint density at radius 3 is 2.82 bits per heavy atom. The summed E-state index contributed by atoms with van der Waals surface area (Å²) < 4.78 is 1.79. The van der Waals surface area contributed by atoms with Gasteiger partial charge in [0, 0.05) is 13.1 Å². The molecule has 8 nitrogen and oxygen atoms in total. The highest BCUT2D eigenvalue weighted by atomic mass is 16.4.